The van der Waals surface area contributed by atoms with Crippen molar-refractivity contribution >= 4 is 32.7 Å². The van der Waals surface area contributed by atoms with Crippen LogP contribution in [-0.2, 0) is 14.6 Å². The maximum absolute atomic E-state index is 16.0. The summed E-state index contributed by atoms with van der Waals surface area (Å²) in [6, 6.07) is 9.64. The molecule has 4 aliphatic rings. The fourth-order valence-corrected chi connectivity index (χ4v) is 8.65. The van der Waals surface area contributed by atoms with E-state index in [2.05, 4.69) is 15.5 Å². The Hall–Kier alpha value is -4.19. The molecule has 1 amide bonds. The van der Waals surface area contributed by atoms with Crippen LogP contribution in [0, 0.1) is 5.82 Å². The van der Waals surface area contributed by atoms with Gasteiger partial charge in [-0.05, 0) is 56.0 Å². The summed E-state index contributed by atoms with van der Waals surface area (Å²) in [6.45, 7) is 1.61. The number of imidazole rings is 1. The van der Waals surface area contributed by atoms with E-state index in [0.29, 0.717) is 55.1 Å². The SMILES string of the molecule is O=C(O)c1ccc2c(c1)nc(-c1ccc(OCC3=CC(N4CCCC4=O)CC=C3N3CCS(=O)(=O)CC3)cc1F)n2C1CCCCC1. The number of carbonyl (C=O) groups excluding carboxylic acids is 1. The van der Waals surface area contributed by atoms with E-state index < -0.39 is 21.6 Å². The number of aromatic nitrogens is 2. The van der Waals surface area contributed by atoms with Crippen LogP contribution in [0.5, 0.6) is 5.75 Å². The van der Waals surface area contributed by atoms with Crippen molar-refractivity contribution in [3.8, 4) is 17.1 Å². The number of carboxylic acids is 1. The van der Waals surface area contributed by atoms with Crippen LogP contribution >= 0.6 is 0 Å². The van der Waals surface area contributed by atoms with E-state index in [9.17, 15) is 23.1 Å². The number of nitrogens with zero attached hydrogens (tertiary/aromatic N) is 4. The summed E-state index contributed by atoms with van der Waals surface area (Å²) >= 11 is 0. The summed E-state index contributed by atoms with van der Waals surface area (Å²) in [5.74, 6) is -0.433. The third kappa shape index (κ3) is 6.39. The number of rotatable bonds is 8. The van der Waals surface area contributed by atoms with Crippen molar-refractivity contribution < 1.29 is 32.2 Å². The first-order valence-electron chi connectivity index (χ1n) is 16.5. The summed E-state index contributed by atoms with van der Waals surface area (Å²) in [5, 5.41) is 9.54. The molecule has 3 fully saturated rings. The predicted molar refractivity (Wildman–Crippen MR) is 175 cm³/mol. The zero-order valence-electron chi connectivity index (χ0n) is 26.2. The molecule has 47 heavy (non-hydrogen) atoms. The maximum atomic E-state index is 16.0. The first-order chi connectivity index (χ1) is 22.7. The van der Waals surface area contributed by atoms with Crippen molar-refractivity contribution in [2.24, 2.45) is 0 Å². The number of carbonyl (C=O) groups is 2. The number of hydrogen-bond donors (Lipinski definition) is 1. The van der Waals surface area contributed by atoms with Gasteiger partial charge in [-0.3, -0.25) is 4.79 Å². The average molecular weight is 663 g/mol. The Morgan fingerprint density at radius 1 is 1.02 bits per heavy atom. The number of likely N-dealkylation sites (tertiary alicyclic amines) is 1. The largest absolute Gasteiger partial charge is 0.489 e. The molecule has 0 radical (unpaired) electrons. The van der Waals surface area contributed by atoms with Gasteiger partial charge in [0.1, 0.15) is 24.0 Å². The highest BCUT2D eigenvalue weighted by atomic mass is 32.2. The van der Waals surface area contributed by atoms with Gasteiger partial charge >= 0.3 is 5.97 Å². The first-order valence-corrected chi connectivity index (χ1v) is 18.3. The minimum absolute atomic E-state index is 0.0858. The van der Waals surface area contributed by atoms with Crippen molar-refractivity contribution in [1.82, 2.24) is 19.4 Å². The van der Waals surface area contributed by atoms with Crippen LogP contribution in [-0.4, -0.2) is 88.5 Å². The number of sulfone groups is 1. The van der Waals surface area contributed by atoms with Crippen molar-refractivity contribution in [3.63, 3.8) is 0 Å². The van der Waals surface area contributed by atoms with Crippen LogP contribution in [0.15, 0.2) is 59.8 Å². The highest BCUT2D eigenvalue weighted by Crippen LogP contribution is 2.38. The molecule has 248 valence electrons. The van der Waals surface area contributed by atoms with E-state index in [1.54, 1.807) is 30.3 Å². The third-order valence-corrected chi connectivity index (χ3v) is 11.5. The van der Waals surface area contributed by atoms with Crippen LogP contribution < -0.4 is 4.74 Å². The Balaban J connectivity index is 1.16. The van der Waals surface area contributed by atoms with E-state index >= 15 is 4.39 Å². The number of carboxylic acid groups (broad SMARTS) is 1. The smallest absolute Gasteiger partial charge is 0.335 e. The van der Waals surface area contributed by atoms with Crippen molar-refractivity contribution in [1.29, 1.82) is 0 Å². The minimum Gasteiger partial charge on any atom is -0.489 e. The van der Waals surface area contributed by atoms with Gasteiger partial charge in [0, 0.05) is 49.4 Å². The van der Waals surface area contributed by atoms with E-state index in [4.69, 9.17) is 9.72 Å². The van der Waals surface area contributed by atoms with Crippen LogP contribution in [0.2, 0.25) is 0 Å². The van der Waals surface area contributed by atoms with E-state index in [-0.39, 0.29) is 41.7 Å². The molecule has 10 nitrogen and oxygen atoms in total. The summed E-state index contributed by atoms with van der Waals surface area (Å²) in [7, 11) is -3.06. The number of aromatic carboxylic acids is 1. The molecule has 2 saturated heterocycles. The highest BCUT2D eigenvalue weighted by molar-refractivity contribution is 7.91. The Labute approximate surface area is 273 Å². The Bertz CT molecular complexity index is 1880. The second-order valence-corrected chi connectivity index (χ2v) is 15.3. The molecular formula is C35H39FN4O6S. The van der Waals surface area contributed by atoms with Gasteiger partial charge in [0.25, 0.3) is 0 Å². The van der Waals surface area contributed by atoms with E-state index in [0.717, 1.165) is 55.3 Å². The minimum atomic E-state index is -3.06. The Morgan fingerprint density at radius 3 is 2.51 bits per heavy atom. The van der Waals surface area contributed by atoms with Gasteiger partial charge in [0.2, 0.25) is 5.91 Å². The number of ether oxygens (including phenoxy) is 1. The van der Waals surface area contributed by atoms with Gasteiger partial charge in [0.15, 0.2) is 9.84 Å². The monoisotopic (exact) mass is 662 g/mol. The topological polar surface area (TPSA) is 122 Å². The fourth-order valence-electron chi connectivity index (χ4n) is 7.45. The molecule has 1 N–H and O–H groups in total. The second kappa shape index (κ2) is 12.8. The molecule has 3 aromatic rings. The second-order valence-electron chi connectivity index (χ2n) is 13.0. The number of benzene rings is 2. The summed E-state index contributed by atoms with van der Waals surface area (Å²) in [5.41, 5.74) is 3.51. The van der Waals surface area contributed by atoms with Crippen molar-refractivity contribution in [2.45, 2.75) is 63.5 Å². The lowest BCUT2D eigenvalue weighted by molar-refractivity contribution is -0.128. The summed E-state index contributed by atoms with van der Waals surface area (Å²) in [4.78, 5) is 32.9. The molecule has 2 aliphatic carbocycles. The van der Waals surface area contributed by atoms with Crippen LogP contribution in [0.1, 0.15) is 67.8 Å². The summed E-state index contributed by atoms with van der Waals surface area (Å²) < 4.78 is 48.4. The lowest BCUT2D eigenvalue weighted by atomic mass is 9.94. The number of halogens is 1. The van der Waals surface area contributed by atoms with Gasteiger partial charge in [-0.2, -0.15) is 0 Å². The maximum Gasteiger partial charge on any atom is 0.335 e. The number of hydrogen-bond acceptors (Lipinski definition) is 7. The lowest BCUT2D eigenvalue weighted by Gasteiger charge is -2.36. The molecule has 12 heteroatoms. The average Bonchev–Trinajstić information content (AvgIpc) is 3.67. The lowest BCUT2D eigenvalue weighted by Crippen LogP contribution is -2.42. The van der Waals surface area contributed by atoms with Crippen molar-refractivity contribution in [3.05, 3.63) is 71.2 Å². The molecule has 0 spiro atoms. The van der Waals surface area contributed by atoms with Gasteiger partial charge in [0.05, 0.1) is 39.7 Å². The number of amides is 1. The van der Waals surface area contributed by atoms with Crippen LogP contribution in [0.3, 0.4) is 0 Å². The Kier molecular flexibility index (Phi) is 8.54. The molecule has 0 bridgehead atoms. The molecule has 2 aromatic carbocycles. The fraction of sp³-hybridized carbons (Fsp3) is 0.457. The molecule has 1 unspecified atom stereocenters. The predicted octanol–water partition coefficient (Wildman–Crippen LogP) is 5.36. The Morgan fingerprint density at radius 2 is 1.81 bits per heavy atom. The highest BCUT2D eigenvalue weighted by Gasteiger charge is 2.32. The van der Waals surface area contributed by atoms with Gasteiger partial charge in [-0.1, -0.05) is 31.4 Å². The zero-order valence-corrected chi connectivity index (χ0v) is 27.1. The quantitative estimate of drug-likeness (QED) is 0.342. The number of fused-ring (bicyclic) bond motifs is 1. The molecule has 1 atom stereocenters. The van der Waals surface area contributed by atoms with E-state index in [1.165, 1.54) is 6.07 Å². The first kappa shape index (κ1) is 31.4. The molecule has 1 aromatic heterocycles. The standard InChI is InChI=1S/C35H39FN4O6S/c36-29-21-27(10-11-28(29)34-37-30-20-23(35(42)43)8-12-32(30)40(34)25-5-2-1-3-6-25)46-22-24-19-26(39-14-4-7-33(39)41)9-13-31(24)38-15-17-47(44,45)18-16-38/h8,10-13,19-21,25-26H,1-7,9,14-18,22H2,(H,42,43). The molecular weight excluding hydrogens is 623 g/mol. The van der Waals surface area contributed by atoms with Gasteiger partial charge in [-0.25, -0.2) is 22.6 Å². The van der Waals surface area contributed by atoms with Crippen LogP contribution in [0.4, 0.5) is 4.39 Å². The van der Waals surface area contributed by atoms with Crippen molar-refractivity contribution in [2.75, 3.05) is 37.7 Å². The molecule has 7 rings (SSSR count). The third-order valence-electron chi connectivity index (χ3n) is 9.92. The molecule has 2 aliphatic heterocycles. The normalized spacial score (nSPS) is 22.0. The summed E-state index contributed by atoms with van der Waals surface area (Å²) in [6.07, 6.45) is 11.3. The zero-order chi connectivity index (χ0) is 32.7. The molecule has 3 heterocycles. The van der Waals surface area contributed by atoms with Gasteiger partial charge in [-0.15, -0.1) is 0 Å². The van der Waals surface area contributed by atoms with Crippen LogP contribution in [0.25, 0.3) is 22.4 Å². The van der Waals surface area contributed by atoms with Gasteiger partial charge < -0.3 is 24.2 Å². The molecule has 1 saturated carbocycles. The van der Waals surface area contributed by atoms with E-state index in [1.807, 2.05) is 11.0 Å².